The Balaban J connectivity index is 0.000000183. The Morgan fingerprint density at radius 2 is 1.59 bits per heavy atom. The third-order valence-electron chi connectivity index (χ3n) is 6.23. The van der Waals surface area contributed by atoms with Gasteiger partial charge in [-0.1, -0.05) is 48.5 Å². The first-order valence-corrected chi connectivity index (χ1v) is 11.8. The molecular weight excluding hydrogens is 426 g/mol. The van der Waals surface area contributed by atoms with Crippen molar-refractivity contribution in [3.05, 3.63) is 84.7 Å². The predicted molar refractivity (Wildman–Crippen MR) is 136 cm³/mol. The average Bonchev–Trinajstić information content (AvgIpc) is 2.91. The molecule has 0 aliphatic carbocycles. The summed E-state index contributed by atoms with van der Waals surface area (Å²) in [5.41, 5.74) is 3.08. The van der Waals surface area contributed by atoms with Gasteiger partial charge in [0.15, 0.2) is 0 Å². The highest BCUT2D eigenvalue weighted by Gasteiger charge is 2.32. The summed E-state index contributed by atoms with van der Waals surface area (Å²) in [6.07, 6.45) is 6.93. The molecule has 2 saturated heterocycles. The second-order valence-corrected chi connectivity index (χ2v) is 8.24. The van der Waals surface area contributed by atoms with E-state index in [-0.39, 0.29) is 5.91 Å². The van der Waals surface area contributed by atoms with E-state index < -0.39 is 0 Å². The largest absolute Gasteiger partial charge is 0.496 e. The maximum absolute atomic E-state index is 12.4. The number of benzene rings is 2. The lowest BCUT2D eigenvalue weighted by Crippen LogP contribution is -2.56. The molecule has 1 atom stereocenters. The molecule has 2 fully saturated rings. The van der Waals surface area contributed by atoms with Gasteiger partial charge in [-0.25, -0.2) is 0 Å². The monoisotopic (exact) mass is 461 g/mol. The van der Waals surface area contributed by atoms with Crippen molar-refractivity contribution in [3.8, 4) is 16.9 Å². The van der Waals surface area contributed by atoms with Crippen molar-refractivity contribution in [1.29, 1.82) is 0 Å². The number of aromatic nitrogens is 1. The lowest BCUT2D eigenvalue weighted by molar-refractivity contribution is 0.0338. The zero-order chi connectivity index (χ0) is 24.2. The molecule has 0 spiro atoms. The van der Waals surface area contributed by atoms with Gasteiger partial charge in [0.05, 0.1) is 7.11 Å². The van der Waals surface area contributed by atoms with Crippen LogP contribution >= 0.6 is 0 Å². The van der Waals surface area contributed by atoms with Crippen molar-refractivity contribution in [3.63, 3.8) is 0 Å². The van der Waals surface area contributed by atoms with Gasteiger partial charge in [-0.05, 0) is 49.6 Å². The van der Waals surface area contributed by atoms with Crippen LogP contribution in [0.15, 0.2) is 79.1 Å². The van der Waals surface area contributed by atoms with Crippen molar-refractivity contribution in [2.75, 3.05) is 40.4 Å². The van der Waals surface area contributed by atoms with Crippen LogP contribution in [0, 0.1) is 0 Å². The number of nitrogens with zero attached hydrogens (tertiary/aromatic N) is 3. The molecule has 1 unspecified atom stereocenters. The number of aliphatic hydroxyl groups excluding tert-OH is 1. The summed E-state index contributed by atoms with van der Waals surface area (Å²) >= 11 is 0. The zero-order valence-electron chi connectivity index (χ0n) is 20.1. The number of hydrogen-bond donors (Lipinski definition) is 1. The molecule has 5 rings (SSSR count). The van der Waals surface area contributed by atoms with Crippen molar-refractivity contribution in [2.24, 2.45) is 0 Å². The molecule has 2 aliphatic heterocycles. The van der Waals surface area contributed by atoms with Crippen LogP contribution in [-0.4, -0.2) is 72.2 Å². The van der Waals surface area contributed by atoms with Crippen molar-refractivity contribution in [2.45, 2.75) is 25.3 Å². The van der Waals surface area contributed by atoms with E-state index in [0.717, 1.165) is 43.5 Å². The standard InChI is InChI=1S/C14H19N3O.C13H12O.CH4O/c18-14(12-3-6-15-7-4-12)17-9-2-1-8-16-10-5-13(16)11-17;1-14-13-10-6-5-9-12(13)11-7-3-2-4-8-11;1-2/h3-4,6-7,13H,1-2,5,8-11H2;2-10H,1H3;2H,1H3. The first kappa shape index (κ1) is 25.4. The lowest BCUT2D eigenvalue weighted by Gasteiger charge is -2.45. The summed E-state index contributed by atoms with van der Waals surface area (Å²) < 4.78 is 5.30. The Morgan fingerprint density at radius 1 is 0.912 bits per heavy atom. The molecular formula is C28H35N3O3. The molecule has 6 heteroatoms. The number of pyridine rings is 1. The molecule has 180 valence electrons. The van der Waals surface area contributed by atoms with Crippen molar-refractivity contribution < 1.29 is 14.6 Å². The van der Waals surface area contributed by atoms with E-state index in [4.69, 9.17) is 9.84 Å². The highest BCUT2D eigenvalue weighted by molar-refractivity contribution is 5.94. The summed E-state index contributed by atoms with van der Waals surface area (Å²) in [4.78, 5) is 20.9. The number of hydrogen-bond acceptors (Lipinski definition) is 5. The summed E-state index contributed by atoms with van der Waals surface area (Å²) in [5.74, 6) is 1.07. The SMILES string of the molecule is CO.COc1ccccc1-c1ccccc1.O=C(c1ccncc1)N1CCCCN2CCC2C1. The number of carbonyl (C=O) groups is 1. The summed E-state index contributed by atoms with van der Waals surface area (Å²) in [6.45, 7) is 4.20. The van der Waals surface area contributed by atoms with E-state index in [1.807, 2.05) is 41.3 Å². The van der Waals surface area contributed by atoms with Crippen LogP contribution in [0.5, 0.6) is 5.75 Å². The van der Waals surface area contributed by atoms with E-state index in [0.29, 0.717) is 6.04 Å². The number of fused-ring (bicyclic) bond motifs is 1. The topological polar surface area (TPSA) is 65.9 Å². The van der Waals surface area contributed by atoms with Gasteiger partial charge in [-0.3, -0.25) is 14.7 Å². The molecule has 3 heterocycles. The molecule has 0 bridgehead atoms. The van der Waals surface area contributed by atoms with E-state index in [1.54, 1.807) is 31.6 Å². The van der Waals surface area contributed by atoms with Crippen LogP contribution in [0.4, 0.5) is 0 Å². The molecule has 6 nitrogen and oxygen atoms in total. The molecule has 2 aromatic carbocycles. The Hall–Kier alpha value is -3.22. The van der Waals surface area contributed by atoms with Gasteiger partial charge in [0.2, 0.25) is 0 Å². The number of para-hydroxylation sites is 1. The fourth-order valence-electron chi connectivity index (χ4n) is 4.32. The van der Waals surface area contributed by atoms with Crippen LogP contribution in [0.3, 0.4) is 0 Å². The number of methoxy groups -OCH3 is 1. The number of ether oxygens (including phenoxy) is 1. The fraction of sp³-hybridized carbons (Fsp3) is 0.357. The predicted octanol–water partition coefficient (Wildman–Crippen LogP) is 4.36. The van der Waals surface area contributed by atoms with Crippen LogP contribution in [0.1, 0.15) is 29.6 Å². The van der Waals surface area contributed by atoms with E-state index in [1.165, 1.54) is 31.5 Å². The Bertz CT molecular complexity index is 998. The van der Waals surface area contributed by atoms with Gasteiger partial charge in [0.25, 0.3) is 5.91 Å². The van der Waals surface area contributed by atoms with Crippen LogP contribution in [0.2, 0.25) is 0 Å². The Labute approximate surface area is 202 Å². The van der Waals surface area contributed by atoms with Crippen LogP contribution < -0.4 is 4.74 Å². The number of amides is 1. The van der Waals surface area contributed by atoms with Gasteiger partial charge in [-0.15, -0.1) is 0 Å². The molecule has 1 amide bonds. The molecule has 1 N–H and O–H groups in total. The molecule has 2 aliphatic rings. The van der Waals surface area contributed by atoms with Gasteiger partial charge in [-0.2, -0.15) is 0 Å². The number of aliphatic hydroxyl groups is 1. The third-order valence-corrected chi connectivity index (χ3v) is 6.23. The van der Waals surface area contributed by atoms with E-state index >= 15 is 0 Å². The Morgan fingerprint density at radius 3 is 2.26 bits per heavy atom. The maximum atomic E-state index is 12.4. The van der Waals surface area contributed by atoms with Crippen molar-refractivity contribution in [1.82, 2.24) is 14.8 Å². The number of rotatable bonds is 3. The first-order valence-electron chi connectivity index (χ1n) is 11.8. The smallest absolute Gasteiger partial charge is 0.254 e. The molecule has 34 heavy (non-hydrogen) atoms. The Kier molecular flexibility index (Phi) is 10.1. The molecule has 3 aromatic rings. The van der Waals surface area contributed by atoms with E-state index in [9.17, 15) is 4.79 Å². The first-order chi connectivity index (χ1) is 16.8. The summed E-state index contributed by atoms with van der Waals surface area (Å²) in [5, 5.41) is 7.00. The van der Waals surface area contributed by atoms with Gasteiger partial charge in [0, 0.05) is 56.3 Å². The van der Waals surface area contributed by atoms with Crippen LogP contribution in [-0.2, 0) is 0 Å². The van der Waals surface area contributed by atoms with Gasteiger partial charge < -0.3 is 14.7 Å². The average molecular weight is 462 g/mol. The molecule has 1 aromatic heterocycles. The van der Waals surface area contributed by atoms with Gasteiger partial charge in [0.1, 0.15) is 5.75 Å². The quantitative estimate of drug-likeness (QED) is 0.628. The maximum Gasteiger partial charge on any atom is 0.254 e. The minimum atomic E-state index is 0.158. The highest BCUT2D eigenvalue weighted by atomic mass is 16.5. The van der Waals surface area contributed by atoms with Crippen LogP contribution in [0.25, 0.3) is 11.1 Å². The number of carbonyl (C=O) groups excluding carboxylic acids is 1. The van der Waals surface area contributed by atoms with E-state index in [2.05, 4.69) is 28.1 Å². The van der Waals surface area contributed by atoms with Crippen molar-refractivity contribution >= 4 is 5.91 Å². The minimum absolute atomic E-state index is 0.158. The fourth-order valence-corrected chi connectivity index (χ4v) is 4.32. The summed E-state index contributed by atoms with van der Waals surface area (Å²) in [6, 6.07) is 22.5. The molecule has 0 radical (unpaired) electrons. The highest BCUT2D eigenvalue weighted by Crippen LogP contribution is 2.28. The zero-order valence-corrected chi connectivity index (χ0v) is 20.1. The third kappa shape index (κ3) is 6.65. The lowest BCUT2D eigenvalue weighted by atomic mass is 9.99. The second-order valence-electron chi connectivity index (χ2n) is 8.24. The minimum Gasteiger partial charge on any atom is -0.496 e. The molecule has 0 saturated carbocycles. The summed E-state index contributed by atoms with van der Waals surface area (Å²) in [7, 11) is 2.70. The second kappa shape index (κ2) is 13.5. The normalized spacial score (nSPS) is 17.3. The van der Waals surface area contributed by atoms with Gasteiger partial charge >= 0.3 is 0 Å².